The lowest BCUT2D eigenvalue weighted by Crippen LogP contribution is -1.85. The monoisotopic (exact) mass is 291 g/mol. The van der Waals surface area contributed by atoms with Crippen molar-refractivity contribution in [1.29, 1.82) is 5.26 Å². The Kier molecular flexibility index (Phi) is 5.05. The van der Waals surface area contributed by atoms with Crippen molar-refractivity contribution in [2.75, 3.05) is 0 Å². The van der Waals surface area contributed by atoms with Crippen LogP contribution in [0.2, 0.25) is 0 Å². The first-order valence-corrected chi connectivity index (χ1v) is 6.48. The van der Waals surface area contributed by atoms with Crippen LogP contribution in [-0.4, -0.2) is 21.3 Å². The van der Waals surface area contributed by atoms with E-state index in [2.05, 4.69) is 10.2 Å². The lowest BCUT2D eigenvalue weighted by molar-refractivity contribution is -0.131. The first-order chi connectivity index (χ1) is 10.7. The van der Waals surface area contributed by atoms with E-state index in [0.29, 0.717) is 5.56 Å². The zero-order valence-electron chi connectivity index (χ0n) is 11.6. The number of aromatic amines is 1. The quantitative estimate of drug-likeness (QED) is 0.709. The number of hydrogen-bond acceptors (Lipinski definition) is 3. The Labute approximate surface area is 127 Å². The molecule has 0 unspecified atom stereocenters. The number of carbonyl (C=O) groups is 1. The van der Waals surface area contributed by atoms with Crippen LogP contribution in [0.3, 0.4) is 0 Å². The van der Waals surface area contributed by atoms with Crippen molar-refractivity contribution in [2.24, 2.45) is 0 Å². The molecule has 0 atom stereocenters. The normalized spacial score (nSPS) is 9.95. The molecule has 0 fully saturated rings. The minimum Gasteiger partial charge on any atom is -0.478 e. The van der Waals surface area contributed by atoms with Gasteiger partial charge in [-0.25, -0.2) is 4.79 Å². The number of nitriles is 1. The van der Waals surface area contributed by atoms with E-state index in [0.717, 1.165) is 22.5 Å². The van der Waals surface area contributed by atoms with E-state index in [1.54, 1.807) is 24.3 Å². The summed E-state index contributed by atoms with van der Waals surface area (Å²) in [5.74, 6) is -0.982. The second kappa shape index (κ2) is 7.41. The van der Waals surface area contributed by atoms with Gasteiger partial charge in [0.2, 0.25) is 0 Å². The second-order valence-electron chi connectivity index (χ2n) is 4.36. The van der Waals surface area contributed by atoms with Crippen LogP contribution in [-0.2, 0) is 4.79 Å². The van der Waals surface area contributed by atoms with Crippen molar-refractivity contribution in [2.45, 2.75) is 0 Å². The van der Waals surface area contributed by atoms with Gasteiger partial charge in [0, 0.05) is 11.5 Å². The largest absolute Gasteiger partial charge is 0.478 e. The van der Waals surface area contributed by atoms with Gasteiger partial charge in [-0.05, 0) is 29.8 Å². The number of carboxylic acids is 1. The highest BCUT2D eigenvalue weighted by Crippen LogP contribution is 2.07. The SMILES string of the molecule is N#Cc1ccc(C=CC(=O)O)cc1.c1ccc2[nH]ncc2c1. The lowest BCUT2D eigenvalue weighted by Gasteiger charge is -1.91. The fourth-order valence-electron chi connectivity index (χ4n) is 1.72. The van der Waals surface area contributed by atoms with E-state index >= 15 is 0 Å². The fourth-order valence-corrected chi connectivity index (χ4v) is 1.72. The number of fused-ring (bicyclic) bond motifs is 1. The summed E-state index contributed by atoms with van der Waals surface area (Å²) in [7, 11) is 0. The van der Waals surface area contributed by atoms with Crippen molar-refractivity contribution >= 4 is 22.9 Å². The predicted octanol–water partition coefficient (Wildman–Crippen LogP) is 3.22. The van der Waals surface area contributed by atoms with E-state index in [1.165, 1.54) is 6.08 Å². The Hall–Kier alpha value is -3.39. The first-order valence-electron chi connectivity index (χ1n) is 6.48. The van der Waals surface area contributed by atoms with Crippen molar-refractivity contribution in [3.8, 4) is 6.07 Å². The molecule has 22 heavy (non-hydrogen) atoms. The molecule has 2 aromatic carbocycles. The molecule has 0 amide bonds. The number of aromatic nitrogens is 2. The Morgan fingerprint density at radius 2 is 1.91 bits per heavy atom. The third-order valence-corrected chi connectivity index (χ3v) is 2.81. The maximum absolute atomic E-state index is 10.2. The Balaban J connectivity index is 0.000000170. The van der Waals surface area contributed by atoms with E-state index in [-0.39, 0.29) is 0 Å². The van der Waals surface area contributed by atoms with E-state index in [1.807, 2.05) is 36.5 Å². The lowest BCUT2D eigenvalue weighted by atomic mass is 10.1. The van der Waals surface area contributed by atoms with E-state index in [4.69, 9.17) is 10.4 Å². The molecule has 0 saturated heterocycles. The number of benzene rings is 2. The zero-order chi connectivity index (χ0) is 15.8. The number of carboxylic acid groups (broad SMARTS) is 1. The van der Waals surface area contributed by atoms with Gasteiger partial charge in [-0.1, -0.05) is 30.3 Å². The highest BCUT2D eigenvalue weighted by molar-refractivity contribution is 5.85. The molecule has 1 heterocycles. The van der Waals surface area contributed by atoms with Crippen LogP contribution in [0.4, 0.5) is 0 Å². The van der Waals surface area contributed by atoms with Gasteiger partial charge in [0.05, 0.1) is 23.3 Å². The van der Waals surface area contributed by atoms with Gasteiger partial charge in [-0.15, -0.1) is 0 Å². The molecule has 0 aliphatic carbocycles. The number of para-hydroxylation sites is 1. The first kappa shape index (κ1) is 15.0. The number of H-pyrrole nitrogens is 1. The maximum Gasteiger partial charge on any atom is 0.328 e. The highest BCUT2D eigenvalue weighted by Gasteiger charge is 1.90. The topological polar surface area (TPSA) is 89.8 Å². The van der Waals surface area contributed by atoms with Crippen LogP contribution >= 0.6 is 0 Å². The summed E-state index contributed by atoms with van der Waals surface area (Å²) in [6, 6.07) is 16.7. The highest BCUT2D eigenvalue weighted by atomic mass is 16.4. The molecule has 0 radical (unpaired) electrons. The zero-order valence-corrected chi connectivity index (χ0v) is 11.6. The molecule has 1 aromatic heterocycles. The molecule has 5 nitrogen and oxygen atoms in total. The molecule has 108 valence electrons. The molecule has 0 bridgehead atoms. The fraction of sp³-hybridized carbons (Fsp3) is 0. The number of aliphatic carboxylic acids is 1. The van der Waals surface area contributed by atoms with Gasteiger partial charge < -0.3 is 5.11 Å². The number of nitrogens with zero attached hydrogens (tertiary/aromatic N) is 2. The molecule has 3 aromatic rings. The summed E-state index contributed by atoms with van der Waals surface area (Å²) in [5, 5.41) is 24.7. The van der Waals surface area contributed by atoms with Gasteiger partial charge in [0.15, 0.2) is 0 Å². The van der Waals surface area contributed by atoms with Gasteiger partial charge in [0.1, 0.15) is 0 Å². The summed E-state index contributed by atoms with van der Waals surface area (Å²) in [6.45, 7) is 0. The van der Waals surface area contributed by atoms with Crippen LogP contribution in [0, 0.1) is 11.3 Å². The van der Waals surface area contributed by atoms with Crippen LogP contribution < -0.4 is 0 Å². The number of nitrogens with one attached hydrogen (secondary N) is 1. The van der Waals surface area contributed by atoms with E-state index < -0.39 is 5.97 Å². The average molecular weight is 291 g/mol. The summed E-state index contributed by atoms with van der Waals surface area (Å²) in [5.41, 5.74) is 2.42. The summed E-state index contributed by atoms with van der Waals surface area (Å²) < 4.78 is 0. The third kappa shape index (κ3) is 4.32. The van der Waals surface area contributed by atoms with Crippen LogP contribution in [0.1, 0.15) is 11.1 Å². The number of rotatable bonds is 2. The smallest absolute Gasteiger partial charge is 0.328 e. The Morgan fingerprint density at radius 3 is 2.55 bits per heavy atom. The molecule has 3 rings (SSSR count). The molecule has 0 aliphatic heterocycles. The summed E-state index contributed by atoms with van der Waals surface area (Å²) >= 11 is 0. The summed E-state index contributed by atoms with van der Waals surface area (Å²) in [6.07, 6.45) is 4.35. The third-order valence-electron chi connectivity index (χ3n) is 2.81. The van der Waals surface area contributed by atoms with Crippen molar-refractivity contribution < 1.29 is 9.90 Å². The predicted molar refractivity (Wildman–Crippen MR) is 83.9 cm³/mol. The van der Waals surface area contributed by atoms with Gasteiger partial charge in [0.25, 0.3) is 0 Å². The summed E-state index contributed by atoms with van der Waals surface area (Å²) in [4.78, 5) is 10.2. The average Bonchev–Trinajstić information content (AvgIpc) is 3.02. The van der Waals surface area contributed by atoms with Crippen LogP contribution in [0.15, 0.2) is 60.8 Å². The van der Waals surface area contributed by atoms with Crippen LogP contribution in [0.5, 0.6) is 0 Å². The van der Waals surface area contributed by atoms with Crippen molar-refractivity contribution in [3.05, 3.63) is 71.9 Å². The Bertz CT molecular complexity index is 797. The van der Waals surface area contributed by atoms with Gasteiger partial charge in [-0.3, -0.25) is 5.10 Å². The molecule has 0 aliphatic rings. The minimum atomic E-state index is -0.982. The molecule has 0 saturated carbocycles. The maximum atomic E-state index is 10.2. The second-order valence-corrected chi connectivity index (χ2v) is 4.36. The van der Waals surface area contributed by atoms with Crippen molar-refractivity contribution in [1.82, 2.24) is 10.2 Å². The van der Waals surface area contributed by atoms with E-state index in [9.17, 15) is 4.79 Å². The number of hydrogen-bond donors (Lipinski definition) is 2. The Morgan fingerprint density at radius 1 is 1.18 bits per heavy atom. The van der Waals surface area contributed by atoms with Gasteiger partial charge in [-0.2, -0.15) is 10.4 Å². The molecular weight excluding hydrogens is 278 g/mol. The molecule has 2 N–H and O–H groups in total. The van der Waals surface area contributed by atoms with Crippen molar-refractivity contribution in [3.63, 3.8) is 0 Å². The molecular formula is C17H13N3O2. The van der Waals surface area contributed by atoms with Gasteiger partial charge >= 0.3 is 5.97 Å². The molecule has 5 heteroatoms. The van der Waals surface area contributed by atoms with Crippen LogP contribution in [0.25, 0.3) is 17.0 Å². The standard InChI is InChI=1S/C10H7NO2.C7H6N2/c11-7-9-3-1-8(2-4-9)5-6-10(12)13;1-2-4-7-6(3-1)5-8-9-7/h1-6H,(H,12,13);1-5H,(H,8,9). The molecule has 0 spiro atoms. The minimum absolute atomic E-state index is 0.562.